The molecule has 0 aliphatic heterocycles. The van der Waals surface area contributed by atoms with E-state index in [-0.39, 0.29) is 31.7 Å². The molecule has 0 spiro atoms. The molecule has 0 saturated carbocycles. The quantitative estimate of drug-likeness (QED) is 0.337. The first-order valence-electron chi connectivity index (χ1n) is 8.19. The van der Waals surface area contributed by atoms with Crippen LogP contribution in [-0.2, 0) is 9.53 Å². The van der Waals surface area contributed by atoms with Crippen LogP contribution in [-0.4, -0.2) is 71.9 Å². The predicted molar refractivity (Wildman–Crippen MR) is 95.5 cm³/mol. The number of non-ortho nitro benzene ring substituents is 2. The first-order chi connectivity index (χ1) is 12.6. The number of esters is 1. The third-order valence-electron chi connectivity index (χ3n) is 3.57. The lowest BCUT2D eigenvalue weighted by Crippen LogP contribution is -2.38. The normalized spacial score (nSPS) is 10.5. The zero-order valence-electron chi connectivity index (χ0n) is 15.4. The number of benzene rings is 1. The van der Waals surface area contributed by atoms with Gasteiger partial charge in [-0.2, -0.15) is 0 Å². The molecule has 0 aliphatic rings. The van der Waals surface area contributed by atoms with Gasteiger partial charge < -0.3 is 14.5 Å². The van der Waals surface area contributed by atoms with E-state index in [2.05, 4.69) is 0 Å². The Bertz CT molecular complexity index is 688. The van der Waals surface area contributed by atoms with Gasteiger partial charge in [-0.3, -0.25) is 29.8 Å². The largest absolute Gasteiger partial charge is 0.466 e. The Labute approximate surface area is 155 Å². The zero-order chi connectivity index (χ0) is 20.6. The molecule has 0 atom stereocenters. The summed E-state index contributed by atoms with van der Waals surface area (Å²) in [5.74, 6) is -1.11. The lowest BCUT2D eigenvalue weighted by Gasteiger charge is -2.24. The van der Waals surface area contributed by atoms with Crippen molar-refractivity contribution >= 4 is 23.3 Å². The number of amides is 1. The highest BCUT2D eigenvalue weighted by Crippen LogP contribution is 2.23. The van der Waals surface area contributed by atoms with Gasteiger partial charge in [0.25, 0.3) is 17.3 Å². The van der Waals surface area contributed by atoms with Gasteiger partial charge in [0.1, 0.15) is 0 Å². The predicted octanol–water partition coefficient (Wildman–Crippen LogP) is 1.46. The summed E-state index contributed by atoms with van der Waals surface area (Å²) in [6.07, 6.45) is -0.0516. The van der Waals surface area contributed by atoms with Crippen molar-refractivity contribution in [1.82, 2.24) is 9.80 Å². The number of hydrogen-bond acceptors (Lipinski definition) is 8. The van der Waals surface area contributed by atoms with Crippen molar-refractivity contribution in [3.63, 3.8) is 0 Å². The molecule has 11 heteroatoms. The molecule has 148 valence electrons. The molecule has 0 N–H and O–H groups in total. The van der Waals surface area contributed by atoms with Crippen molar-refractivity contribution in [2.24, 2.45) is 0 Å². The fraction of sp³-hybridized carbons (Fsp3) is 0.500. The molecule has 1 rings (SSSR count). The van der Waals surface area contributed by atoms with Crippen molar-refractivity contribution in [2.75, 3.05) is 40.3 Å². The van der Waals surface area contributed by atoms with Crippen LogP contribution in [0.25, 0.3) is 0 Å². The van der Waals surface area contributed by atoms with E-state index in [1.807, 2.05) is 4.90 Å². The van der Waals surface area contributed by atoms with Crippen LogP contribution in [0.5, 0.6) is 0 Å². The van der Waals surface area contributed by atoms with Gasteiger partial charge in [-0.05, 0) is 21.0 Å². The van der Waals surface area contributed by atoms with E-state index in [4.69, 9.17) is 4.74 Å². The zero-order valence-corrected chi connectivity index (χ0v) is 15.4. The van der Waals surface area contributed by atoms with E-state index in [1.165, 1.54) is 4.90 Å². The minimum absolute atomic E-state index is 0.0298. The number of likely N-dealkylation sites (N-methyl/N-ethyl adjacent to an activating group) is 1. The Balaban J connectivity index is 3.12. The minimum atomic E-state index is -0.799. The summed E-state index contributed by atoms with van der Waals surface area (Å²) in [6.45, 7) is 2.62. The van der Waals surface area contributed by atoms with Gasteiger partial charge >= 0.3 is 5.97 Å². The lowest BCUT2D eigenvalue weighted by atomic mass is 10.1. The molecule has 0 saturated heterocycles. The first kappa shape index (κ1) is 22.0. The summed E-state index contributed by atoms with van der Waals surface area (Å²) in [5.41, 5.74) is -1.28. The second kappa shape index (κ2) is 10.2. The first-order valence-corrected chi connectivity index (χ1v) is 8.19. The number of carbonyl (C=O) groups is 2. The summed E-state index contributed by atoms with van der Waals surface area (Å²) in [4.78, 5) is 47.9. The van der Waals surface area contributed by atoms with Gasteiger partial charge in [0.05, 0.1) is 34.5 Å². The van der Waals surface area contributed by atoms with Crippen molar-refractivity contribution in [3.8, 4) is 0 Å². The summed E-state index contributed by atoms with van der Waals surface area (Å²) < 4.78 is 4.84. The van der Waals surface area contributed by atoms with Gasteiger partial charge in [-0.25, -0.2) is 0 Å². The van der Waals surface area contributed by atoms with Crippen molar-refractivity contribution in [3.05, 3.63) is 44.0 Å². The minimum Gasteiger partial charge on any atom is -0.466 e. The molecule has 0 heterocycles. The fourth-order valence-corrected chi connectivity index (χ4v) is 2.21. The van der Waals surface area contributed by atoms with E-state index in [0.29, 0.717) is 6.54 Å². The summed E-state index contributed by atoms with van der Waals surface area (Å²) >= 11 is 0. The van der Waals surface area contributed by atoms with Crippen molar-refractivity contribution in [1.29, 1.82) is 0 Å². The molecular formula is C16H22N4O7. The molecule has 11 nitrogen and oxygen atoms in total. The van der Waals surface area contributed by atoms with Gasteiger partial charge in [0, 0.05) is 31.8 Å². The van der Waals surface area contributed by atoms with Crippen LogP contribution < -0.4 is 0 Å². The van der Waals surface area contributed by atoms with E-state index in [0.717, 1.165) is 18.2 Å². The summed E-state index contributed by atoms with van der Waals surface area (Å²) in [6, 6.07) is 2.77. The highest BCUT2D eigenvalue weighted by atomic mass is 16.6. The maximum absolute atomic E-state index is 12.8. The number of nitro benzene ring substituents is 2. The Hall–Kier alpha value is -3.08. The Morgan fingerprint density at radius 1 is 1.00 bits per heavy atom. The van der Waals surface area contributed by atoms with Crippen LogP contribution in [0.4, 0.5) is 11.4 Å². The van der Waals surface area contributed by atoms with Gasteiger partial charge in [0.2, 0.25) is 0 Å². The van der Waals surface area contributed by atoms with E-state index < -0.39 is 33.1 Å². The molecule has 1 amide bonds. The topological polar surface area (TPSA) is 136 Å². The van der Waals surface area contributed by atoms with Crippen LogP contribution in [0.2, 0.25) is 0 Å². The number of carbonyl (C=O) groups excluding carboxylic acids is 2. The SMILES string of the molecule is CCOC(=O)CCN(CCN(C)C)C(=O)c1cc([N+](=O)[O-])cc([N+](=O)[O-])c1. The lowest BCUT2D eigenvalue weighted by molar-refractivity contribution is -0.394. The second-order valence-electron chi connectivity index (χ2n) is 5.90. The number of hydrogen-bond donors (Lipinski definition) is 0. The molecule has 0 fully saturated rings. The number of nitrogens with zero attached hydrogens (tertiary/aromatic N) is 4. The fourth-order valence-electron chi connectivity index (χ4n) is 2.21. The summed E-state index contributed by atoms with van der Waals surface area (Å²) in [7, 11) is 3.60. The number of ether oxygens (including phenoxy) is 1. The molecule has 0 aliphatic carbocycles. The monoisotopic (exact) mass is 382 g/mol. The average molecular weight is 382 g/mol. The highest BCUT2D eigenvalue weighted by Gasteiger charge is 2.24. The van der Waals surface area contributed by atoms with Crippen molar-refractivity contribution in [2.45, 2.75) is 13.3 Å². The second-order valence-corrected chi connectivity index (χ2v) is 5.90. The molecule has 0 radical (unpaired) electrons. The third-order valence-corrected chi connectivity index (χ3v) is 3.57. The summed E-state index contributed by atoms with van der Waals surface area (Å²) in [5, 5.41) is 22.0. The van der Waals surface area contributed by atoms with Gasteiger partial charge in [-0.15, -0.1) is 0 Å². The van der Waals surface area contributed by atoms with E-state index >= 15 is 0 Å². The Morgan fingerprint density at radius 2 is 1.56 bits per heavy atom. The average Bonchev–Trinajstić information content (AvgIpc) is 2.60. The maximum Gasteiger partial charge on any atom is 0.307 e. The van der Waals surface area contributed by atoms with Crippen LogP contribution in [0.1, 0.15) is 23.7 Å². The van der Waals surface area contributed by atoms with E-state index in [9.17, 15) is 29.8 Å². The molecule has 1 aromatic rings. The molecule has 0 aromatic heterocycles. The van der Waals surface area contributed by atoms with Crippen molar-refractivity contribution < 1.29 is 24.2 Å². The van der Waals surface area contributed by atoms with Gasteiger partial charge in [-0.1, -0.05) is 0 Å². The Morgan fingerprint density at radius 3 is 2.00 bits per heavy atom. The number of rotatable bonds is 10. The molecule has 0 unspecified atom stereocenters. The molecular weight excluding hydrogens is 360 g/mol. The molecule has 1 aromatic carbocycles. The van der Waals surface area contributed by atoms with Crippen LogP contribution >= 0.6 is 0 Å². The van der Waals surface area contributed by atoms with Crippen LogP contribution in [0, 0.1) is 20.2 Å². The smallest absolute Gasteiger partial charge is 0.307 e. The van der Waals surface area contributed by atoms with Crippen LogP contribution in [0.3, 0.4) is 0 Å². The standard InChI is InChI=1S/C16H22N4O7/c1-4-27-15(21)5-6-18(8-7-17(2)3)16(22)12-9-13(19(23)24)11-14(10-12)20(25)26/h9-11H,4-8H2,1-3H3. The Kier molecular flexibility index (Phi) is 8.27. The van der Waals surface area contributed by atoms with Crippen LogP contribution in [0.15, 0.2) is 18.2 Å². The molecule has 27 heavy (non-hydrogen) atoms. The van der Waals surface area contributed by atoms with E-state index in [1.54, 1.807) is 21.0 Å². The highest BCUT2D eigenvalue weighted by molar-refractivity contribution is 5.95. The molecule has 0 bridgehead atoms. The maximum atomic E-state index is 12.8. The van der Waals surface area contributed by atoms with Gasteiger partial charge in [0.15, 0.2) is 0 Å². The number of nitro groups is 2. The third kappa shape index (κ3) is 6.98.